The average Bonchev–Trinajstić information content (AvgIpc) is 2.19. The second-order valence-electron chi connectivity index (χ2n) is 3.55. The zero-order valence-electron chi connectivity index (χ0n) is 9.12. The Kier molecular flexibility index (Phi) is 7.97. The van der Waals surface area contributed by atoms with Crippen molar-refractivity contribution in [1.82, 2.24) is 0 Å². The van der Waals surface area contributed by atoms with E-state index >= 15 is 0 Å². The maximum absolute atomic E-state index is 9.14. The molecule has 0 heterocycles. The predicted octanol–water partition coefficient (Wildman–Crippen LogP) is 3.60. The van der Waals surface area contributed by atoms with E-state index in [1.165, 1.54) is 31.2 Å². The number of hydrogen-bond donors (Lipinski definition) is 1. The molecule has 1 atom stereocenters. The summed E-state index contributed by atoms with van der Waals surface area (Å²) < 4.78 is 0. The Labute approximate surface area is 107 Å². The van der Waals surface area contributed by atoms with Crippen molar-refractivity contribution in [2.75, 3.05) is 0 Å². The molecule has 0 fully saturated rings. The van der Waals surface area contributed by atoms with E-state index in [4.69, 9.17) is 5.11 Å². The van der Waals surface area contributed by atoms with E-state index in [0.717, 1.165) is 0 Å². The van der Waals surface area contributed by atoms with Crippen LogP contribution in [0.4, 0.5) is 0 Å². The molecular weight excluding hydrogens is 272 g/mol. The van der Waals surface area contributed by atoms with Crippen LogP contribution < -0.4 is 0 Å². The number of hydrogen-bond acceptors (Lipinski definition) is 1. The van der Waals surface area contributed by atoms with Crippen molar-refractivity contribution in [2.24, 2.45) is 0 Å². The maximum Gasteiger partial charge on any atom is 0.115 e. The van der Waals surface area contributed by atoms with Gasteiger partial charge in [-0.3, -0.25) is 0 Å². The molecule has 1 N–H and O–H groups in total. The lowest BCUT2D eigenvalue weighted by Crippen LogP contribution is -1.89. The zero-order valence-corrected chi connectivity index (χ0v) is 11.9. The summed E-state index contributed by atoms with van der Waals surface area (Å²) in [6, 6.07) is 7.42. The Balaban J connectivity index is 0.00000196. The maximum atomic E-state index is 9.14. The molecule has 15 heavy (non-hydrogen) atoms. The van der Waals surface area contributed by atoms with Crippen LogP contribution in [0.3, 0.4) is 0 Å². The Hall–Kier alpha value is -0.150. The summed E-state index contributed by atoms with van der Waals surface area (Å²) in [5.74, 6) is 0.335. The van der Waals surface area contributed by atoms with Gasteiger partial charge >= 0.3 is 0 Å². The highest BCUT2D eigenvalue weighted by Gasteiger charge is 2.06. The Bertz CT molecular complexity index is 261. The van der Waals surface area contributed by atoms with E-state index in [2.05, 4.69) is 22.9 Å². The highest BCUT2D eigenvalue weighted by molar-refractivity contribution is 9.09. The van der Waals surface area contributed by atoms with Gasteiger partial charge in [0, 0.05) is 4.83 Å². The molecule has 86 valence electrons. The zero-order chi connectivity index (χ0) is 10.4. The normalized spacial score (nSPS) is 11.9. The number of halogens is 1. The quantitative estimate of drug-likeness (QED) is 0.499. The largest absolute Gasteiger partial charge is 0.508 e. The second-order valence-corrected chi connectivity index (χ2v) is 4.66. The first-order valence-corrected chi connectivity index (χ1v) is 6.08. The number of phenolic OH excluding ortho intramolecular Hbond substituents is 1. The number of benzene rings is 1. The molecule has 0 amide bonds. The van der Waals surface area contributed by atoms with Crippen LogP contribution in [0.1, 0.15) is 43.0 Å². The molecule has 0 aliphatic rings. The van der Waals surface area contributed by atoms with Gasteiger partial charge in [0.25, 0.3) is 0 Å². The number of phenols is 1. The molecule has 0 saturated heterocycles. The number of alkyl halides is 1. The molecule has 0 saturated carbocycles. The first-order valence-electron chi connectivity index (χ1n) is 5.17. The van der Waals surface area contributed by atoms with E-state index in [9.17, 15) is 0 Å². The Morgan fingerprint density at radius 3 is 2.33 bits per heavy atom. The van der Waals surface area contributed by atoms with Crippen LogP contribution in [0.25, 0.3) is 0 Å². The topological polar surface area (TPSA) is 20.2 Å². The molecule has 0 spiro atoms. The SMILES string of the molecule is CCCCCC(Br)c1ccc(O)cc1.[SH3+]. The molecular formula is C12H20BrOS+. The van der Waals surface area contributed by atoms with Crippen molar-refractivity contribution >= 4 is 29.4 Å². The highest BCUT2D eigenvalue weighted by Crippen LogP contribution is 2.29. The third kappa shape index (κ3) is 5.47. The van der Waals surface area contributed by atoms with Gasteiger partial charge in [-0.25, -0.2) is 0 Å². The molecule has 1 nitrogen and oxygen atoms in total. The second kappa shape index (κ2) is 8.05. The fourth-order valence-electron chi connectivity index (χ4n) is 1.42. The lowest BCUT2D eigenvalue weighted by Gasteiger charge is -2.09. The standard InChI is InChI=1S/C12H17BrO.H2S/c1-2-3-4-5-12(13)10-6-8-11(14)9-7-10;/h6-9,12,14H,2-5H2,1H3;1H2/p+1. The third-order valence-corrected chi connectivity index (χ3v) is 3.30. The summed E-state index contributed by atoms with van der Waals surface area (Å²) in [6.45, 7) is 2.21. The van der Waals surface area contributed by atoms with Gasteiger partial charge in [0.2, 0.25) is 0 Å². The van der Waals surface area contributed by atoms with Crippen LogP contribution in [0.2, 0.25) is 0 Å². The van der Waals surface area contributed by atoms with Crippen LogP contribution in [-0.2, 0) is 13.5 Å². The van der Waals surface area contributed by atoms with Crippen molar-refractivity contribution in [2.45, 2.75) is 37.4 Å². The summed E-state index contributed by atoms with van der Waals surface area (Å²) in [5.41, 5.74) is 1.25. The molecule has 0 aromatic heterocycles. The molecule has 1 rings (SSSR count). The summed E-state index contributed by atoms with van der Waals surface area (Å²) in [5, 5.41) is 9.14. The van der Waals surface area contributed by atoms with Gasteiger partial charge in [0.15, 0.2) is 0 Å². The molecule has 1 aromatic carbocycles. The molecule has 0 bridgehead atoms. The molecule has 3 heteroatoms. The number of unbranched alkanes of at least 4 members (excludes halogenated alkanes) is 2. The molecule has 0 aliphatic carbocycles. The van der Waals surface area contributed by atoms with E-state index < -0.39 is 0 Å². The van der Waals surface area contributed by atoms with Crippen molar-refractivity contribution < 1.29 is 5.11 Å². The minimum Gasteiger partial charge on any atom is -0.508 e. The molecule has 1 unspecified atom stereocenters. The van der Waals surface area contributed by atoms with Crippen molar-refractivity contribution in [3.8, 4) is 5.75 Å². The molecule has 1 aromatic rings. The lowest BCUT2D eigenvalue weighted by molar-refractivity contribution is 0.475. The monoisotopic (exact) mass is 291 g/mol. The average molecular weight is 292 g/mol. The van der Waals surface area contributed by atoms with Crippen LogP contribution in [-0.4, -0.2) is 5.11 Å². The van der Waals surface area contributed by atoms with E-state index in [1.54, 1.807) is 12.1 Å². The lowest BCUT2D eigenvalue weighted by atomic mass is 10.1. The Morgan fingerprint density at radius 2 is 1.80 bits per heavy atom. The summed E-state index contributed by atoms with van der Waals surface area (Å²) in [4.78, 5) is 0.426. The third-order valence-electron chi connectivity index (χ3n) is 2.32. The van der Waals surface area contributed by atoms with Gasteiger partial charge in [-0.1, -0.05) is 67.7 Å². The molecule has 0 aliphatic heterocycles. The highest BCUT2D eigenvalue weighted by atomic mass is 79.9. The van der Waals surface area contributed by atoms with E-state index in [0.29, 0.717) is 10.6 Å². The van der Waals surface area contributed by atoms with Crippen molar-refractivity contribution in [1.29, 1.82) is 0 Å². The van der Waals surface area contributed by atoms with Gasteiger partial charge in [0.1, 0.15) is 5.75 Å². The summed E-state index contributed by atoms with van der Waals surface area (Å²) >= 11 is 3.66. The summed E-state index contributed by atoms with van der Waals surface area (Å²) in [6.07, 6.45) is 4.97. The van der Waals surface area contributed by atoms with Gasteiger partial charge in [-0.2, -0.15) is 0 Å². The van der Waals surface area contributed by atoms with Crippen molar-refractivity contribution in [3.05, 3.63) is 29.8 Å². The van der Waals surface area contributed by atoms with Gasteiger partial charge < -0.3 is 5.11 Å². The van der Waals surface area contributed by atoms with Gasteiger partial charge in [-0.15, -0.1) is 0 Å². The van der Waals surface area contributed by atoms with E-state index in [-0.39, 0.29) is 13.5 Å². The first kappa shape index (κ1) is 14.8. The predicted molar refractivity (Wildman–Crippen MR) is 75.5 cm³/mol. The molecule has 0 radical (unpaired) electrons. The first-order chi connectivity index (χ1) is 6.74. The van der Waals surface area contributed by atoms with Crippen LogP contribution in [0.5, 0.6) is 5.75 Å². The van der Waals surface area contributed by atoms with E-state index in [1.807, 2.05) is 12.1 Å². The fourth-order valence-corrected chi connectivity index (χ4v) is 2.05. The van der Waals surface area contributed by atoms with Gasteiger partial charge in [-0.05, 0) is 24.1 Å². The van der Waals surface area contributed by atoms with Gasteiger partial charge in [0.05, 0.1) is 0 Å². The minimum absolute atomic E-state index is 0. The fraction of sp³-hybridized carbons (Fsp3) is 0.500. The number of rotatable bonds is 5. The summed E-state index contributed by atoms with van der Waals surface area (Å²) in [7, 11) is 0. The smallest absolute Gasteiger partial charge is 0.115 e. The minimum atomic E-state index is 0. The number of aromatic hydroxyl groups is 1. The van der Waals surface area contributed by atoms with Crippen molar-refractivity contribution in [3.63, 3.8) is 0 Å². The van der Waals surface area contributed by atoms with Crippen LogP contribution >= 0.6 is 15.9 Å². The van der Waals surface area contributed by atoms with Crippen LogP contribution in [0.15, 0.2) is 24.3 Å². The van der Waals surface area contributed by atoms with Crippen LogP contribution in [0, 0.1) is 0 Å². The Morgan fingerprint density at radius 1 is 1.20 bits per heavy atom.